The molecule has 8 nitrogen and oxygen atoms in total. The number of halogens is 4. The molecule has 14 heteroatoms. The van der Waals surface area contributed by atoms with Crippen LogP contribution in [0.3, 0.4) is 0 Å². The van der Waals surface area contributed by atoms with Crippen molar-refractivity contribution < 1.29 is 65.1 Å². The zero-order valence-corrected chi connectivity index (χ0v) is 26.9. The smallest absolute Gasteiger partial charge is 0.545 e. The zero-order valence-electron chi connectivity index (χ0n) is 22.6. The van der Waals surface area contributed by atoms with E-state index in [0.717, 1.165) is 37.1 Å². The molecule has 2 rings (SSSR count). The Kier molecular flexibility index (Phi) is 24.5. The van der Waals surface area contributed by atoms with Crippen LogP contribution in [-0.4, -0.2) is 26.0 Å². The van der Waals surface area contributed by atoms with Crippen LogP contribution in [0.5, 0.6) is 0 Å². The van der Waals surface area contributed by atoms with E-state index in [2.05, 4.69) is 26.3 Å². The summed E-state index contributed by atoms with van der Waals surface area (Å²) in [6, 6.07) is 5.66. The van der Waals surface area contributed by atoms with E-state index in [4.69, 9.17) is 23.2 Å². The van der Waals surface area contributed by atoms with Crippen LogP contribution in [-0.2, 0) is 18.9 Å². The Morgan fingerprint density at radius 1 is 1.03 bits per heavy atom. The average molecular weight is 624 g/mol. The maximum Gasteiger partial charge on any atom is 1.00 e. The number of carboxylic acids is 1. The molecule has 1 heterocycles. The van der Waals surface area contributed by atoms with E-state index >= 15 is 0 Å². The van der Waals surface area contributed by atoms with Crippen molar-refractivity contribution in [3.63, 3.8) is 0 Å². The van der Waals surface area contributed by atoms with Gasteiger partial charge in [-0.2, -0.15) is 23.0 Å². The molecule has 0 fully saturated rings. The molecule has 0 bridgehead atoms. The first kappa shape index (κ1) is 40.2. The van der Waals surface area contributed by atoms with Crippen LogP contribution in [0, 0.1) is 18.7 Å². The van der Waals surface area contributed by atoms with Crippen molar-refractivity contribution in [3.8, 4) is 0 Å². The van der Waals surface area contributed by atoms with E-state index in [1.165, 1.54) is 51.0 Å². The molecule has 0 aliphatic rings. The summed E-state index contributed by atoms with van der Waals surface area (Å²) in [6.45, 7) is 4.11. The Morgan fingerprint density at radius 2 is 1.56 bits per heavy atom. The van der Waals surface area contributed by atoms with Crippen LogP contribution >= 0.6 is 23.2 Å². The monoisotopic (exact) mass is 622 g/mol. The van der Waals surface area contributed by atoms with E-state index in [-0.39, 0.29) is 51.8 Å². The Morgan fingerprint density at radius 3 is 2.00 bits per heavy atom. The molecule has 0 aliphatic heterocycles. The Bertz CT molecular complexity index is 1070. The van der Waals surface area contributed by atoms with Gasteiger partial charge in [0, 0.05) is 11.8 Å². The Balaban J connectivity index is 0. The number of benzene rings is 1. The van der Waals surface area contributed by atoms with Gasteiger partial charge >= 0.3 is 40.0 Å². The molecule has 0 aliphatic carbocycles. The van der Waals surface area contributed by atoms with Crippen LogP contribution in [0.4, 0.5) is 8.78 Å². The van der Waals surface area contributed by atoms with Crippen LogP contribution < -0.4 is 40.6 Å². The van der Waals surface area contributed by atoms with Gasteiger partial charge in [-0.25, -0.2) is 13.6 Å². The number of nitrogens with two attached hydrogens (primary N) is 1. The number of carbonyl (C=O) groups is 1. The van der Waals surface area contributed by atoms with Crippen LogP contribution in [0.15, 0.2) is 30.5 Å². The summed E-state index contributed by atoms with van der Waals surface area (Å²) in [4.78, 5) is 13.4. The van der Waals surface area contributed by atoms with Gasteiger partial charge < -0.3 is 9.90 Å². The van der Waals surface area contributed by atoms with Crippen molar-refractivity contribution in [2.24, 2.45) is 5.90 Å². The summed E-state index contributed by atoms with van der Waals surface area (Å²) in [5.74, 6) is 1.14. The molecule has 2 N–H and O–H groups in total. The minimum Gasteiger partial charge on any atom is -0.545 e. The van der Waals surface area contributed by atoms with Gasteiger partial charge in [0.25, 0.3) is 0 Å². The molecular formula is C25H35Cl2F2N2NaO6S. The minimum atomic E-state index is -3.95. The van der Waals surface area contributed by atoms with Crippen molar-refractivity contribution >= 4 is 39.6 Å². The number of carbonyl (C=O) groups excluding carboxylic acids is 1. The van der Waals surface area contributed by atoms with Crippen molar-refractivity contribution in [2.75, 3.05) is 6.61 Å². The fraction of sp³-hybridized carbons (Fsp3) is 0.520. The number of hydrogen-bond acceptors (Lipinski definition) is 8. The molecule has 39 heavy (non-hydrogen) atoms. The number of nitrogens with zero attached hydrogens (tertiary/aromatic N) is 1. The fourth-order valence-electron chi connectivity index (χ4n) is 2.98. The third kappa shape index (κ3) is 20.6. The van der Waals surface area contributed by atoms with Crippen molar-refractivity contribution in [2.45, 2.75) is 78.1 Å². The number of aryl methyl sites for hydroxylation is 1. The second-order valence-electron chi connectivity index (χ2n) is 8.16. The first-order valence-corrected chi connectivity index (χ1v) is 14.2. The molecule has 2 aromatic rings. The summed E-state index contributed by atoms with van der Waals surface area (Å²) < 4.78 is 53.5. The molecule has 0 radical (unpaired) electrons. The second-order valence-corrected chi connectivity index (χ2v) is 10.2. The molecule has 0 unspecified atom stereocenters. The number of rotatable bonds is 14. The van der Waals surface area contributed by atoms with Gasteiger partial charge in [0.2, 0.25) is 5.95 Å². The number of hydrogen-bond donors (Lipinski definition) is 1. The first-order valence-electron chi connectivity index (χ1n) is 12.2. The van der Waals surface area contributed by atoms with Gasteiger partial charge in [-0.15, -0.1) is 0 Å². The van der Waals surface area contributed by atoms with Gasteiger partial charge in [0.15, 0.2) is 5.82 Å². The van der Waals surface area contributed by atoms with Crippen molar-refractivity contribution in [3.05, 3.63) is 63.4 Å². The van der Waals surface area contributed by atoms with E-state index in [9.17, 15) is 27.1 Å². The molecule has 0 saturated carbocycles. The molecule has 1 aromatic carbocycles. The SMILES string of the molecule is CCCCCCCCCCCCOS(=O)(=O)ON.Cc1cccc(C(=O)[O-])c1Cl.Fc1cc(Cl)cnc1F.[Na+]. The van der Waals surface area contributed by atoms with Gasteiger partial charge in [-0.05, 0) is 25.0 Å². The molecule has 0 amide bonds. The third-order valence-corrected chi connectivity index (χ3v) is 6.42. The predicted molar refractivity (Wildman–Crippen MR) is 142 cm³/mol. The summed E-state index contributed by atoms with van der Waals surface area (Å²) in [6.07, 6.45) is 13.0. The van der Waals surface area contributed by atoms with E-state index in [1.54, 1.807) is 19.1 Å². The van der Waals surface area contributed by atoms with Crippen molar-refractivity contribution in [1.29, 1.82) is 0 Å². The largest absolute Gasteiger partial charge is 1.00 e. The van der Waals surface area contributed by atoms with Gasteiger partial charge in [-0.1, -0.05) is 106 Å². The normalized spacial score (nSPS) is 10.4. The van der Waals surface area contributed by atoms with E-state index < -0.39 is 28.1 Å². The summed E-state index contributed by atoms with van der Waals surface area (Å²) in [7, 11) is -3.95. The van der Waals surface area contributed by atoms with Crippen LogP contribution in [0.25, 0.3) is 0 Å². The van der Waals surface area contributed by atoms with Gasteiger partial charge in [0.1, 0.15) is 0 Å². The average Bonchev–Trinajstić information content (AvgIpc) is 2.87. The summed E-state index contributed by atoms with van der Waals surface area (Å²) >= 11 is 10.9. The first-order chi connectivity index (χ1) is 17.9. The number of unbranched alkanes of at least 4 members (excludes halogenated alkanes) is 9. The fourth-order valence-corrected chi connectivity index (χ4v) is 3.71. The Hall–Kier alpha value is -0.890. The summed E-state index contributed by atoms with van der Waals surface area (Å²) in [5.41, 5.74) is 0.792. The number of pyridine rings is 1. The predicted octanol–water partition coefficient (Wildman–Crippen LogP) is 3.09. The zero-order chi connectivity index (χ0) is 29.0. The quantitative estimate of drug-likeness (QED) is 0.147. The van der Waals surface area contributed by atoms with Crippen molar-refractivity contribution in [1.82, 2.24) is 4.98 Å². The van der Waals surface area contributed by atoms with Gasteiger partial charge in [-0.3, -0.25) is 0 Å². The molecule has 1 aromatic heterocycles. The maximum atomic E-state index is 12.1. The van der Waals surface area contributed by atoms with Crippen LogP contribution in [0.1, 0.15) is 87.1 Å². The minimum absolute atomic E-state index is 0. The van der Waals surface area contributed by atoms with E-state index in [0.29, 0.717) is 0 Å². The molecular weight excluding hydrogens is 588 g/mol. The topological polar surface area (TPSA) is 132 Å². The Labute approximate surface area is 262 Å². The molecule has 0 atom stereocenters. The molecule has 0 spiro atoms. The molecule has 216 valence electrons. The van der Waals surface area contributed by atoms with Gasteiger partial charge in [0.05, 0.1) is 22.6 Å². The number of aromatic nitrogens is 1. The van der Waals surface area contributed by atoms with Crippen LogP contribution in [0.2, 0.25) is 10.0 Å². The maximum absolute atomic E-state index is 12.1. The summed E-state index contributed by atoms with van der Waals surface area (Å²) in [5, 5.41) is 10.7. The second kappa shape index (κ2) is 23.8. The van der Waals surface area contributed by atoms with E-state index in [1.807, 2.05) is 0 Å². The number of carboxylic acid groups (broad SMARTS) is 1. The third-order valence-electron chi connectivity index (χ3n) is 5.02. The standard InChI is InChI=1S/C12H27NO4S.C8H7ClO2.C5H2ClF2N.Na/c1-2-3-4-5-6-7-8-9-10-11-12-16-18(14,15)17-13;1-5-3-2-4-6(7(5)9)8(10)11;6-3-1-4(7)5(8)9-2-3;/h2-13H2,1H3;2-4H,1H3,(H,10,11);1-2H;/q;;;+1/p-1. The molecule has 0 saturated heterocycles. The number of aromatic carboxylic acids is 1.